The Morgan fingerprint density at radius 1 is 0.955 bits per heavy atom. The van der Waals surface area contributed by atoms with Crippen molar-refractivity contribution < 1.29 is 4.79 Å². The highest BCUT2D eigenvalue weighted by Gasteiger charge is 2.34. The van der Waals surface area contributed by atoms with Crippen LogP contribution >= 0.6 is 24.8 Å². The zero-order chi connectivity index (χ0) is 13.8. The monoisotopic (exact) mass is 351 g/mol. The van der Waals surface area contributed by atoms with E-state index in [1.165, 1.54) is 44.9 Å². The largest absolute Gasteiger partial charge is 0.337 e. The van der Waals surface area contributed by atoms with Gasteiger partial charge in [-0.05, 0) is 51.2 Å². The Morgan fingerprint density at radius 3 is 2.36 bits per heavy atom. The molecule has 6 heteroatoms. The van der Waals surface area contributed by atoms with E-state index in [1.54, 1.807) is 0 Å². The minimum absolute atomic E-state index is 0. The third-order valence-corrected chi connectivity index (χ3v) is 5.24. The topological polar surface area (TPSA) is 35.6 Å². The van der Waals surface area contributed by atoms with Gasteiger partial charge in [-0.1, -0.05) is 19.3 Å². The van der Waals surface area contributed by atoms with Gasteiger partial charge in [0.25, 0.3) is 0 Å². The van der Waals surface area contributed by atoms with Crippen LogP contribution in [0.3, 0.4) is 0 Å². The fourth-order valence-corrected chi connectivity index (χ4v) is 3.99. The molecule has 0 aromatic heterocycles. The summed E-state index contributed by atoms with van der Waals surface area (Å²) in [6, 6.07) is 0.455. The average Bonchev–Trinajstić information content (AvgIpc) is 2.76. The normalized spacial score (nSPS) is 29.5. The molecule has 1 N–H and O–H groups in total. The van der Waals surface area contributed by atoms with Crippen molar-refractivity contribution in [2.45, 2.75) is 51.0 Å². The summed E-state index contributed by atoms with van der Waals surface area (Å²) in [5.74, 6) is 1.06. The SMILES string of the molecule is Cl.Cl.O=C(CN1CCCCCCC1)N1C[C@@H]2CC[C@H]1CNC2. The molecule has 130 valence electrons. The van der Waals surface area contributed by atoms with E-state index in [0.717, 1.165) is 32.7 Å². The highest BCUT2D eigenvalue weighted by Crippen LogP contribution is 2.24. The van der Waals surface area contributed by atoms with Crippen LogP contribution in [0.15, 0.2) is 0 Å². The number of hydrogen-bond acceptors (Lipinski definition) is 3. The molecule has 4 rings (SSSR count). The van der Waals surface area contributed by atoms with Crippen LogP contribution in [0.4, 0.5) is 0 Å². The fraction of sp³-hybridized carbons (Fsp3) is 0.938. The van der Waals surface area contributed by atoms with Gasteiger partial charge in [-0.3, -0.25) is 9.69 Å². The first-order valence-corrected chi connectivity index (χ1v) is 8.55. The van der Waals surface area contributed by atoms with Crippen LogP contribution < -0.4 is 5.32 Å². The molecule has 0 spiro atoms. The fourth-order valence-electron chi connectivity index (χ4n) is 3.99. The molecule has 4 saturated heterocycles. The molecule has 0 aromatic rings. The molecule has 2 atom stereocenters. The maximum atomic E-state index is 12.7. The molecule has 4 aliphatic rings. The van der Waals surface area contributed by atoms with Gasteiger partial charge < -0.3 is 10.2 Å². The molecular formula is C16H31Cl2N3O. The van der Waals surface area contributed by atoms with Gasteiger partial charge in [-0.2, -0.15) is 0 Å². The summed E-state index contributed by atoms with van der Waals surface area (Å²) < 4.78 is 0. The highest BCUT2D eigenvalue weighted by molar-refractivity contribution is 5.85. The van der Waals surface area contributed by atoms with E-state index in [0.29, 0.717) is 24.4 Å². The number of halogens is 2. The first-order valence-electron chi connectivity index (χ1n) is 8.55. The van der Waals surface area contributed by atoms with Crippen molar-refractivity contribution >= 4 is 30.7 Å². The van der Waals surface area contributed by atoms with E-state index in [9.17, 15) is 4.79 Å². The summed E-state index contributed by atoms with van der Waals surface area (Å²) in [4.78, 5) is 17.2. The van der Waals surface area contributed by atoms with E-state index < -0.39 is 0 Å². The quantitative estimate of drug-likeness (QED) is 0.828. The van der Waals surface area contributed by atoms with Gasteiger partial charge in [-0.25, -0.2) is 0 Å². The molecule has 4 nitrogen and oxygen atoms in total. The third kappa shape index (κ3) is 5.26. The smallest absolute Gasteiger partial charge is 0.237 e. The molecule has 22 heavy (non-hydrogen) atoms. The Bertz CT molecular complexity index is 331. The van der Waals surface area contributed by atoms with Crippen molar-refractivity contribution in [1.29, 1.82) is 0 Å². The lowest BCUT2D eigenvalue weighted by molar-refractivity contribution is -0.136. The zero-order valence-electron chi connectivity index (χ0n) is 13.5. The molecule has 4 heterocycles. The zero-order valence-corrected chi connectivity index (χ0v) is 15.1. The number of carbonyl (C=O) groups excluding carboxylic acids is 1. The minimum atomic E-state index is 0. The number of nitrogens with one attached hydrogen (secondary N) is 1. The van der Waals surface area contributed by atoms with Gasteiger partial charge in [-0.15, -0.1) is 24.8 Å². The molecule has 4 fully saturated rings. The summed E-state index contributed by atoms with van der Waals surface area (Å²) in [6.07, 6.45) is 9.08. The maximum Gasteiger partial charge on any atom is 0.237 e. The van der Waals surface area contributed by atoms with Gasteiger partial charge in [0.15, 0.2) is 0 Å². The molecule has 0 saturated carbocycles. The Balaban J connectivity index is 0.00000121. The average molecular weight is 352 g/mol. The van der Waals surface area contributed by atoms with Crippen LogP contribution in [-0.2, 0) is 4.79 Å². The predicted molar refractivity (Wildman–Crippen MR) is 95.1 cm³/mol. The first kappa shape index (κ1) is 20.0. The molecule has 0 radical (unpaired) electrons. The summed E-state index contributed by atoms with van der Waals surface area (Å²) in [5.41, 5.74) is 0. The number of carbonyl (C=O) groups is 1. The standard InChI is InChI=1S/C16H29N3O.2ClH/c20-16(13-18-8-4-2-1-3-5-9-18)19-12-14-6-7-15(19)11-17-10-14;;/h14-15,17H,1-13H2;2*1H/t14-,15+;;/m1../s1. The number of rotatable bonds is 2. The minimum Gasteiger partial charge on any atom is -0.337 e. The van der Waals surface area contributed by atoms with Crippen LogP contribution in [0, 0.1) is 5.92 Å². The van der Waals surface area contributed by atoms with Crippen molar-refractivity contribution in [3.63, 3.8) is 0 Å². The molecular weight excluding hydrogens is 321 g/mol. The second-order valence-corrected chi connectivity index (χ2v) is 6.85. The lowest BCUT2D eigenvalue weighted by Gasteiger charge is -2.37. The van der Waals surface area contributed by atoms with E-state index in [1.807, 2.05) is 0 Å². The van der Waals surface area contributed by atoms with E-state index in [2.05, 4.69) is 15.1 Å². The molecule has 0 aliphatic carbocycles. The number of likely N-dealkylation sites (tertiary alicyclic amines) is 1. The van der Waals surface area contributed by atoms with Crippen LogP contribution in [0.5, 0.6) is 0 Å². The Hall–Kier alpha value is -0.0300. The van der Waals surface area contributed by atoms with Gasteiger partial charge in [0.2, 0.25) is 5.91 Å². The summed E-state index contributed by atoms with van der Waals surface area (Å²) in [6.45, 7) is 5.98. The van der Waals surface area contributed by atoms with Crippen LogP contribution in [0.2, 0.25) is 0 Å². The number of piperidine rings is 1. The second kappa shape index (κ2) is 9.96. The highest BCUT2D eigenvalue weighted by atomic mass is 35.5. The lowest BCUT2D eigenvalue weighted by atomic mass is 9.95. The van der Waals surface area contributed by atoms with Crippen molar-refractivity contribution in [1.82, 2.24) is 15.1 Å². The van der Waals surface area contributed by atoms with E-state index in [4.69, 9.17) is 0 Å². The summed E-state index contributed by atoms with van der Waals surface area (Å²) >= 11 is 0. The lowest BCUT2D eigenvalue weighted by Crippen LogP contribution is -2.50. The Labute approximate surface area is 147 Å². The van der Waals surface area contributed by atoms with Gasteiger partial charge in [0, 0.05) is 19.1 Å². The number of amides is 1. The maximum absolute atomic E-state index is 12.7. The second-order valence-electron chi connectivity index (χ2n) is 6.85. The van der Waals surface area contributed by atoms with Crippen LogP contribution in [-0.4, -0.2) is 61.0 Å². The van der Waals surface area contributed by atoms with Crippen molar-refractivity contribution in [3.8, 4) is 0 Å². The Morgan fingerprint density at radius 2 is 1.64 bits per heavy atom. The first-order chi connectivity index (χ1) is 9.83. The van der Waals surface area contributed by atoms with Gasteiger partial charge >= 0.3 is 0 Å². The van der Waals surface area contributed by atoms with Gasteiger partial charge in [0.05, 0.1) is 6.54 Å². The van der Waals surface area contributed by atoms with Crippen molar-refractivity contribution in [2.75, 3.05) is 39.3 Å². The Kier molecular flexibility index (Phi) is 9.07. The summed E-state index contributed by atoms with van der Waals surface area (Å²) in [7, 11) is 0. The molecule has 4 aliphatic heterocycles. The third-order valence-electron chi connectivity index (χ3n) is 5.24. The summed E-state index contributed by atoms with van der Waals surface area (Å²) in [5, 5.41) is 3.51. The molecule has 0 unspecified atom stereocenters. The molecule has 0 aromatic carbocycles. The van der Waals surface area contributed by atoms with Gasteiger partial charge in [0.1, 0.15) is 0 Å². The van der Waals surface area contributed by atoms with Crippen LogP contribution in [0.25, 0.3) is 0 Å². The predicted octanol–water partition coefficient (Wildman–Crippen LogP) is 2.31. The molecule has 2 bridgehead atoms. The number of fused-ring (bicyclic) bond motifs is 4. The van der Waals surface area contributed by atoms with Crippen molar-refractivity contribution in [2.24, 2.45) is 5.92 Å². The van der Waals surface area contributed by atoms with E-state index >= 15 is 0 Å². The van der Waals surface area contributed by atoms with Crippen molar-refractivity contribution in [3.05, 3.63) is 0 Å². The van der Waals surface area contributed by atoms with Crippen LogP contribution in [0.1, 0.15) is 44.9 Å². The number of hydrogen-bond donors (Lipinski definition) is 1. The molecule has 1 amide bonds. The number of nitrogens with zero attached hydrogens (tertiary/aromatic N) is 2. The van der Waals surface area contributed by atoms with E-state index in [-0.39, 0.29) is 24.8 Å².